The molecule has 1 aromatic heterocycles. The molecule has 2 atom stereocenters. The summed E-state index contributed by atoms with van der Waals surface area (Å²) in [6.45, 7) is 2.20. The molecule has 3 nitrogen and oxygen atoms in total. The molecule has 3 rings (SSSR count). The van der Waals surface area contributed by atoms with Crippen molar-refractivity contribution in [2.24, 2.45) is 5.92 Å². The van der Waals surface area contributed by atoms with Crippen LogP contribution in [0.15, 0.2) is 12.3 Å². The summed E-state index contributed by atoms with van der Waals surface area (Å²) in [6, 6.07) is 2.72. The Bertz CT molecular complexity index is 436. The molecule has 0 radical (unpaired) electrons. The number of hydrogen-bond donors (Lipinski definition) is 1. The second-order valence-electron chi connectivity index (χ2n) is 6.86. The van der Waals surface area contributed by atoms with E-state index in [4.69, 9.17) is 5.10 Å². The van der Waals surface area contributed by atoms with E-state index in [0.29, 0.717) is 12.0 Å². The number of aliphatic hydroxyl groups is 1. The lowest BCUT2D eigenvalue weighted by molar-refractivity contribution is 0.000459. The zero-order valence-electron chi connectivity index (χ0n) is 12.7. The highest BCUT2D eigenvalue weighted by atomic mass is 16.3. The highest BCUT2D eigenvalue weighted by Crippen LogP contribution is 2.40. The number of hydrogen-bond acceptors (Lipinski definition) is 2. The molecule has 0 aliphatic heterocycles. The van der Waals surface area contributed by atoms with Gasteiger partial charge in [-0.25, -0.2) is 0 Å². The Balaban J connectivity index is 1.67. The lowest BCUT2D eigenvalue weighted by atomic mass is 9.85. The summed E-state index contributed by atoms with van der Waals surface area (Å²) in [5, 5.41) is 15.6. The molecule has 1 aromatic rings. The maximum atomic E-state index is 10.9. The fourth-order valence-electron chi connectivity index (χ4n) is 4.28. The van der Waals surface area contributed by atoms with E-state index in [2.05, 4.69) is 23.9 Å². The highest BCUT2D eigenvalue weighted by Gasteiger charge is 2.40. The second-order valence-corrected chi connectivity index (χ2v) is 6.86. The van der Waals surface area contributed by atoms with Gasteiger partial charge in [0.05, 0.1) is 17.3 Å². The van der Waals surface area contributed by atoms with Crippen molar-refractivity contribution in [3.63, 3.8) is 0 Å². The smallest absolute Gasteiger partial charge is 0.0731 e. The molecule has 112 valence electrons. The third-order valence-electron chi connectivity index (χ3n) is 5.51. The predicted molar refractivity (Wildman–Crippen MR) is 80.6 cm³/mol. The molecule has 1 N–H and O–H groups in total. The molecule has 2 unspecified atom stereocenters. The molecule has 0 aromatic carbocycles. The van der Waals surface area contributed by atoms with Gasteiger partial charge in [-0.2, -0.15) is 5.10 Å². The molecular weight excluding hydrogens is 248 g/mol. The average Bonchev–Trinajstić information content (AvgIpc) is 3.07. The highest BCUT2D eigenvalue weighted by molar-refractivity contribution is 5.07. The summed E-state index contributed by atoms with van der Waals surface area (Å²) in [6.07, 6.45) is 13.8. The van der Waals surface area contributed by atoms with Crippen LogP contribution in [0.25, 0.3) is 0 Å². The Hall–Kier alpha value is -0.830. The Kier molecular flexibility index (Phi) is 4.16. The van der Waals surface area contributed by atoms with Crippen molar-refractivity contribution in [2.75, 3.05) is 0 Å². The van der Waals surface area contributed by atoms with E-state index < -0.39 is 5.60 Å². The van der Waals surface area contributed by atoms with Gasteiger partial charge in [-0.05, 0) is 37.7 Å². The minimum Gasteiger partial charge on any atom is -0.389 e. The summed E-state index contributed by atoms with van der Waals surface area (Å²) >= 11 is 0. The predicted octanol–water partition coefficient (Wildman–Crippen LogP) is 3.87. The number of nitrogens with zero attached hydrogens (tertiary/aromatic N) is 2. The summed E-state index contributed by atoms with van der Waals surface area (Å²) in [5.74, 6) is 0.460. The van der Waals surface area contributed by atoms with Crippen LogP contribution in [-0.4, -0.2) is 20.5 Å². The van der Waals surface area contributed by atoms with Crippen molar-refractivity contribution in [1.82, 2.24) is 9.78 Å². The zero-order valence-corrected chi connectivity index (χ0v) is 12.7. The molecule has 0 amide bonds. The van der Waals surface area contributed by atoms with Crippen LogP contribution in [0.3, 0.4) is 0 Å². The van der Waals surface area contributed by atoms with Gasteiger partial charge in [0, 0.05) is 12.6 Å². The number of rotatable bonds is 4. The molecule has 2 aliphatic rings. The maximum Gasteiger partial charge on any atom is 0.0731 e. The molecular formula is C17H28N2O. The molecule has 1 heterocycles. The van der Waals surface area contributed by atoms with Crippen molar-refractivity contribution in [3.8, 4) is 0 Å². The van der Waals surface area contributed by atoms with Crippen LogP contribution in [0.5, 0.6) is 0 Å². The van der Waals surface area contributed by atoms with Gasteiger partial charge in [0.2, 0.25) is 0 Å². The van der Waals surface area contributed by atoms with Crippen molar-refractivity contribution < 1.29 is 5.11 Å². The monoisotopic (exact) mass is 276 g/mol. The van der Waals surface area contributed by atoms with Gasteiger partial charge in [-0.1, -0.05) is 39.0 Å². The Labute approximate surface area is 122 Å². The van der Waals surface area contributed by atoms with E-state index in [0.717, 1.165) is 25.0 Å². The molecule has 3 heteroatoms. The van der Waals surface area contributed by atoms with E-state index in [-0.39, 0.29) is 0 Å². The van der Waals surface area contributed by atoms with Crippen LogP contribution in [0.4, 0.5) is 0 Å². The van der Waals surface area contributed by atoms with E-state index in [1.54, 1.807) is 0 Å². The summed E-state index contributed by atoms with van der Waals surface area (Å²) in [4.78, 5) is 0. The quantitative estimate of drug-likeness (QED) is 0.906. The van der Waals surface area contributed by atoms with Gasteiger partial charge < -0.3 is 5.11 Å². The van der Waals surface area contributed by atoms with Crippen LogP contribution < -0.4 is 0 Å². The number of aromatic nitrogens is 2. The lowest BCUT2D eigenvalue weighted by Gasteiger charge is -2.29. The van der Waals surface area contributed by atoms with Crippen LogP contribution in [-0.2, 0) is 6.42 Å². The van der Waals surface area contributed by atoms with Crippen molar-refractivity contribution in [1.29, 1.82) is 0 Å². The van der Waals surface area contributed by atoms with Gasteiger partial charge in [-0.15, -0.1) is 0 Å². The van der Waals surface area contributed by atoms with Crippen LogP contribution >= 0.6 is 0 Å². The van der Waals surface area contributed by atoms with Gasteiger partial charge in [0.25, 0.3) is 0 Å². The van der Waals surface area contributed by atoms with Crippen LogP contribution in [0, 0.1) is 5.92 Å². The van der Waals surface area contributed by atoms with Crippen LogP contribution in [0.2, 0.25) is 0 Å². The molecule has 2 fully saturated rings. The fraction of sp³-hybridized carbons (Fsp3) is 0.824. The minimum absolute atomic E-state index is 0.460. The lowest BCUT2D eigenvalue weighted by Crippen LogP contribution is -2.35. The fourth-order valence-corrected chi connectivity index (χ4v) is 4.28. The van der Waals surface area contributed by atoms with Gasteiger partial charge in [-0.3, -0.25) is 4.68 Å². The standard InChI is InChI=1S/C17H28N2O/c1-2-14-7-6-11-17(14,20)13-15-10-12-19(18-15)16-8-4-3-5-9-16/h10,12,14,16,20H,2-9,11,13H2,1H3. The first kappa shape index (κ1) is 14.1. The molecule has 0 spiro atoms. The van der Waals surface area contributed by atoms with Crippen LogP contribution in [0.1, 0.15) is 76.4 Å². The van der Waals surface area contributed by atoms with E-state index in [9.17, 15) is 5.11 Å². The van der Waals surface area contributed by atoms with Gasteiger partial charge in [0.1, 0.15) is 0 Å². The van der Waals surface area contributed by atoms with E-state index in [1.165, 1.54) is 44.9 Å². The van der Waals surface area contributed by atoms with E-state index >= 15 is 0 Å². The topological polar surface area (TPSA) is 38.0 Å². The largest absolute Gasteiger partial charge is 0.389 e. The molecule has 2 aliphatic carbocycles. The summed E-state index contributed by atoms with van der Waals surface area (Å²) in [5.41, 5.74) is 0.582. The summed E-state index contributed by atoms with van der Waals surface area (Å²) in [7, 11) is 0. The Morgan fingerprint density at radius 1 is 1.25 bits per heavy atom. The minimum atomic E-state index is -0.500. The Morgan fingerprint density at radius 2 is 2.05 bits per heavy atom. The maximum absolute atomic E-state index is 10.9. The third kappa shape index (κ3) is 2.78. The molecule has 2 saturated carbocycles. The second kappa shape index (κ2) is 5.88. The molecule has 0 saturated heterocycles. The summed E-state index contributed by atoms with van der Waals surface area (Å²) < 4.78 is 2.16. The average molecular weight is 276 g/mol. The van der Waals surface area contributed by atoms with Gasteiger partial charge in [0.15, 0.2) is 0 Å². The normalized spacial score (nSPS) is 31.8. The first-order chi connectivity index (χ1) is 9.71. The molecule has 0 bridgehead atoms. The zero-order chi connectivity index (χ0) is 14.0. The first-order valence-corrected chi connectivity index (χ1v) is 8.48. The first-order valence-electron chi connectivity index (χ1n) is 8.48. The van der Waals surface area contributed by atoms with Gasteiger partial charge >= 0.3 is 0 Å². The third-order valence-corrected chi connectivity index (χ3v) is 5.51. The van der Waals surface area contributed by atoms with Crippen molar-refractivity contribution in [2.45, 2.75) is 82.8 Å². The Morgan fingerprint density at radius 3 is 2.80 bits per heavy atom. The SMILES string of the molecule is CCC1CCCC1(O)Cc1ccn(C2CCCCC2)n1. The molecule has 20 heavy (non-hydrogen) atoms. The van der Waals surface area contributed by atoms with Crippen molar-refractivity contribution in [3.05, 3.63) is 18.0 Å². The van der Waals surface area contributed by atoms with E-state index in [1.807, 2.05) is 0 Å². The van der Waals surface area contributed by atoms with Crippen molar-refractivity contribution >= 4 is 0 Å².